The summed E-state index contributed by atoms with van der Waals surface area (Å²) in [6.07, 6.45) is 0. The van der Waals surface area contributed by atoms with Crippen molar-refractivity contribution in [3.8, 4) is 17.6 Å². The van der Waals surface area contributed by atoms with E-state index >= 15 is 0 Å². The molecule has 28 heavy (non-hydrogen) atoms. The van der Waals surface area contributed by atoms with Crippen LogP contribution in [-0.4, -0.2) is 13.0 Å². The number of rotatable bonds is 3. The molecule has 0 aromatic heterocycles. The van der Waals surface area contributed by atoms with Crippen LogP contribution in [0.1, 0.15) is 16.7 Å². The number of amides is 1. The fourth-order valence-electron chi connectivity index (χ4n) is 3.37. The number of hydrogen-bond acceptors (Lipinski definition) is 3. The summed E-state index contributed by atoms with van der Waals surface area (Å²) in [7, 11) is 1.59. The Labute approximate surface area is 164 Å². The SMILES string of the molecule is COc1ccc2c(c1)[C@](N)(C#Cc1ccccc1)C(=O)N2Cc1ccccc1. The van der Waals surface area contributed by atoms with Crippen molar-refractivity contribution in [2.75, 3.05) is 12.0 Å². The second-order valence-corrected chi connectivity index (χ2v) is 6.68. The van der Waals surface area contributed by atoms with E-state index in [0.29, 0.717) is 17.9 Å². The molecule has 0 bridgehead atoms. The molecule has 1 amide bonds. The smallest absolute Gasteiger partial charge is 0.264 e. The number of fused-ring (bicyclic) bond motifs is 1. The van der Waals surface area contributed by atoms with E-state index in [1.54, 1.807) is 18.1 Å². The van der Waals surface area contributed by atoms with Crippen LogP contribution in [0.4, 0.5) is 5.69 Å². The number of nitrogens with zero attached hydrogens (tertiary/aromatic N) is 1. The van der Waals surface area contributed by atoms with Crippen LogP contribution < -0.4 is 15.4 Å². The number of benzene rings is 3. The van der Waals surface area contributed by atoms with Crippen LogP contribution in [0.3, 0.4) is 0 Å². The van der Waals surface area contributed by atoms with Crippen LogP contribution in [0, 0.1) is 11.8 Å². The van der Waals surface area contributed by atoms with Gasteiger partial charge in [-0.25, -0.2) is 0 Å². The summed E-state index contributed by atoms with van der Waals surface area (Å²) in [5, 5.41) is 0. The minimum absolute atomic E-state index is 0.233. The summed E-state index contributed by atoms with van der Waals surface area (Å²) in [4.78, 5) is 15.1. The van der Waals surface area contributed by atoms with E-state index in [0.717, 1.165) is 16.8 Å². The van der Waals surface area contributed by atoms with Gasteiger partial charge in [0.15, 0.2) is 5.54 Å². The van der Waals surface area contributed by atoms with E-state index in [2.05, 4.69) is 11.8 Å². The van der Waals surface area contributed by atoms with Gasteiger partial charge < -0.3 is 15.4 Å². The number of hydrogen-bond donors (Lipinski definition) is 1. The van der Waals surface area contributed by atoms with Gasteiger partial charge in [0, 0.05) is 11.1 Å². The van der Waals surface area contributed by atoms with E-state index in [-0.39, 0.29) is 5.91 Å². The molecular formula is C24H20N2O2. The third kappa shape index (κ3) is 3.13. The topological polar surface area (TPSA) is 55.6 Å². The van der Waals surface area contributed by atoms with Gasteiger partial charge in [0.2, 0.25) is 0 Å². The average molecular weight is 368 g/mol. The summed E-state index contributed by atoms with van der Waals surface area (Å²) < 4.78 is 5.35. The highest BCUT2D eigenvalue weighted by Gasteiger charge is 2.47. The van der Waals surface area contributed by atoms with Crippen LogP contribution in [-0.2, 0) is 16.9 Å². The van der Waals surface area contributed by atoms with Gasteiger partial charge in [0.25, 0.3) is 5.91 Å². The zero-order valence-electron chi connectivity index (χ0n) is 15.6. The van der Waals surface area contributed by atoms with Gasteiger partial charge >= 0.3 is 0 Å². The zero-order chi connectivity index (χ0) is 19.6. The van der Waals surface area contributed by atoms with Gasteiger partial charge in [-0.2, -0.15) is 0 Å². The molecule has 4 heteroatoms. The first-order valence-electron chi connectivity index (χ1n) is 9.03. The molecule has 1 aliphatic rings. The van der Waals surface area contributed by atoms with Gasteiger partial charge in [-0.1, -0.05) is 60.4 Å². The van der Waals surface area contributed by atoms with E-state index in [9.17, 15) is 4.79 Å². The third-order valence-electron chi connectivity index (χ3n) is 4.86. The molecule has 4 rings (SSSR count). The van der Waals surface area contributed by atoms with E-state index in [1.165, 1.54) is 0 Å². The van der Waals surface area contributed by atoms with Crippen molar-refractivity contribution in [1.29, 1.82) is 0 Å². The van der Waals surface area contributed by atoms with Crippen LogP contribution >= 0.6 is 0 Å². The maximum Gasteiger partial charge on any atom is 0.264 e. The second-order valence-electron chi connectivity index (χ2n) is 6.68. The fourth-order valence-corrected chi connectivity index (χ4v) is 3.37. The second kappa shape index (κ2) is 7.22. The monoisotopic (exact) mass is 368 g/mol. The molecule has 3 aromatic carbocycles. The van der Waals surface area contributed by atoms with Crippen molar-refractivity contribution < 1.29 is 9.53 Å². The maximum absolute atomic E-state index is 13.4. The molecule has 0 unspecified atom stereocenters. The molecule has 0 radical (unpaired) electrons. The Morgan fingerprint density at radius 2 is 1.68 bits per heavy atom. The standard InChI is InChI=1S/C24H20N2O2/c1-28-20-12-13-22-21(16-20)24(25,15-14-18-8-4-2-5-9-18)23(27)26(22)17-19-10-6-3-7-11-19/h2-13,16H,17,25H2,1H3/t24-/m1/s1. The number of methoxy groups -OCH3 is 1. The molecule has 4 nitrogen and oxygen atoms in total. The van der Waals surface area contributed by atoms with Crippen molar-refractivity contribution in [2.45, 2.75) is 12.1 Å². The molecule has 0 saturated heterocycles. The van der Waals surface area contributed by atoms with Crippen molar-refractivity contribution in [2.24, 2.45) is 5.73 Å². The Balaban J connectivity index is 1.79. The summed E-state index contributed by atoms with van der Waals surface area (Å²) in [5.41, 5.74) is 8.45. The number of carbonyl (C=O) groups excluding carboxylic acids is 1. The molecule has 138 valence electrons. The molecule has 0 saturated carbocycles. The first-order chi connectivity index (χ1) is 13.6. The average Bonchev–Trinajstić information content (AvgIpc) is 2.95. The Hall–Kier alpha value is -3.55. The zero-order valence-corrected chi connectivity index (χ0v) is 15.6. The van der Waals surface area contributed by atoms with Gasteiger partial charge in [-0.15, -0.1) is 0 Å². The van der Waals surface area contributed by atoms with E-state index in [4.69, 9.17) is 10.5 Å². The molecule has 2 N–H and O–H groups in total. The van der Waals surface area contributed by atoms with Gasteiger partial charge in [0.1, 0.15) is 5.75 Å². The molecule has 1 aliphatic heterocycles. The van der Waals surface area contributed by atoms with E-state index < -0.39 is 5.54 Å². The lowest BCUT2D eigenvalue weighted by Gasteiger charge is -2.20. The van der Waals surface area contributed by atoms with Gasteiger partial charge in [-0.3, -0.25) is 4.79 Å². The first-order valence-corrected chi connectivity index (χ1v) is 9.03. The normalized spacial score (nSPS) is 17.6. The largest absolute Gasteiger partial charge is 0.497 e. The molecule has 0 fully saturated rings. The fraction of sp³-hybridized carbons (Fsp3) is 0.125. The summed E-state index contributed by atoms with van der Waals surface area (Å²) in [5.74, 6) is 6.50. The third-order valence-corrected chi connectivity index (χ3v) is 4.86. The molecule has 3 aromatic rings. The summed E-state index contributed by atoms with van der Waals surface area (Å²) in [6.45, 7) is 0.435. The maximum atomic E-state index is 13.4. The van der Waals surface area contributed by atoms with Crippen molar-refractivity contribution in [3.05, 3.63) is 95.6 Å². The molecule has 0 aliphatic carbocycles. The lowest BCUT2D eigenvalue weighted by Crippen LogP contribution is -2.46. The minimum atomic E-state index is -1.42. The molecule has 1 heterocycles. The highest BCUT2D eigenvalue weighted by Crippen LogP contribution is 2.41. The van der Waals surface area contributed by atoms with Gasteiger partial charge in [-0.05, 0) is 35.9 Å². The Morgan fingerprint density at radius 1 is 1.00 bits per heavy atom. The summed E-state index contributed by atoms with van der Waals surface area (Å²) in [6, 6.07) is 24.9. The number of carbonyl (C=O) groups is 1. The first kappa shape index (κ1) is 17.8. The molecule has 0 spiro atoms. The lowest BCUT2D eigenvalue weighted by molar-refractivity contribution is -0.121. The van der Waals surface area contributed by atoms with Gasteiger partial charge in [0.05, 0.1) is 19.3 Å². The molecular weight excluding hydrogens is 348 g/mol. The van der Waals surface area contributed by atoms with Crippen LogP contribution in [0.25, 0.3) is 0 Å². The number of ether oxygens (including phenoxy) is 1. The van der Waals surface area contributed by atoms with Crippen LogP contribution in [0.5, 0.6) is 5.75 Å². The van der Waals surface area contributed by atoms with E-state index in [1.807, 2.05) is 72.8 Å². The van der Waals surface area contributed by atoms with Crippen molar-refractivity contribution in [3.63, 3.8) is 0 Å². The quantitative estimate of drug-likeness (QED) is 0.721. The predicted molar refractivity (Wildman–Crippen MR) is 110 cm³/mol. The predicted octanol–water partition coefficient (Wildman–Crippen LogP) is 3.45. The summed E-state index contributed by atoms with van der Waals surface area (Å²) >= 11 is 0. The van der Waals surface area contributed by atoms with Crippen molar-refractivity contribution >= 4 is 11.6 Å². The highest BCUT2D eigenvalue weighted by molar-refractivity contribution is 6.10. The number of anilines is 1. The minimum Gasteiger partial charge on any atom is -0.497 e. The van der Waals surface area contributed by atoms with Crippen molar-refractivity contribution in [1.82, 2.24) is 0 Å². The number of nitrogens with two attached hydrogens (primary N) is 1. The molecule has 1 atom stereocenters. The Kier molecular flexibility index (Phi) is 4.60. The van der Waals surface area contributed by atoms with Crippen LogP contribution in [0.15, 0.2) is 78.9 Å². The highest BCUT2D eigenvalue weighted by atomic mass is 16.5. The Morgan fingerprint density at radius 3 is 2.36 bits per heavy atom. The lowest BCUT2D eigenvalue weighted by atomic mass is 9.92. The Bertz CT molecular complexity index is 1070. The van der Waals surface area contributed by atoms with Crippen LogP contribution in [0.2, 0.25) is 0 Å².